The van der Waals surface area contributed by atoms with Gasteiger partial charge in [0.05, 0.1) is 0 Å². The van der Waals surface area contributed by atoms with Gasteiger partial charge in [-0.15, -0.1) is 0 Å². The van der Waals surface area contributed by atoms with E-state index in [4.69, 9.17) is 16.6 Å². The zero-order valence-corrected chi connectivity index (χ0v) is 13.9. The number of hydrogen-bond donors (Lipinski definition) is 2. The Hall–Kier alpha value is -1.88. The maximum absolute atomic E-state index is 11.4. The summed E-state index contributed by atoms with van der Waals surface area (Å²) >= 11 is 5.27. The maximum atomic E-state index is 11.4. The summed E-state index contributed by atoms with van der Waals surface area (Å²) in [6.07, 6.45) is 4.81. The number of hydrogen-bond acceptors (Lipinski definition) is 3. The monoisotopic (exact) mass is 318 g/mol. The Morgan fingerprint density at radius 2 is 2.05 bits per heavy atom. The van der Waals surface area contributed by atoms with Gasteiger partial charge >= 0.3 is 5.63 Å². The van der Waals surface area contributed by atoms with E-state index in [1.807, 2.05) is 19.1 Å². The SMILES string of the molecule is CCCCCCNC(=S)Nc1ccc2c(C)cc(=O)oc2c1. The van der Waals surface area contributed by atoms with Crippen LogP contribution in [0.2, 0.25) is 0 Å². The highest BCUT2D eigenvalue weighted by Crippen LogP contribution is 2.20. The Kier molecular flexibility index (Phi) is 5.95. The minimum Gasteiger partial charge on any atom is -0.423 e. The van der Waals surface area contributed by atoms with Crippen LogP contribution in [0.3, 0.4) is 0 Å². The Labute approximate surface area is 135 Å². The first-order chi connectivity index (χ1) is 10.6. The summed E-state index contributed by atoms with van der Waals surface area (Å²) in [6, 6.07) is 7.16. The second-order valence-corrected chi connectivity index (χ2v) is 5.81. The Morgan fingerprint density at radius 3 is 2.82 bits per heavy atom. The third-order valence-electron chi connectivity index (χ3n) is 3.53. The molecular formula is C17H22N2O2S. The highest BCUT2D eigenvalue weighted by Gasteiger charge is 2.04. The molecule has 2 aromatic rings. The van der Waals surface area contributed by atoms with Gasteiger partial charge in [0.2, 0.25) is 0 Å². The van der Waals surface area contributed by atoms with E-state index in [0.29, 0.717) is 10.7 Å². The summed E-state index contributed by atoms with van der Waals surface area (Å²) in [5, 5.41) is 7.83. The molecule has 0 aliphatic carbocycles. The van der Waals surface area contributed by atoms with Crippen LogP contribution in [0.1, 0.15) is 38.2 Å². The third-order valence-corrected chi connectivity index (χ3v) is 3.77. The lowest BCUT2D eigenvalue weighted by Gasteiger charge is -2.11. The summed E-state index contributed by atoms with van der Waals surface area (Å²) in [4.78, 5) is 11.4. The predicted molar refractivity (Wildman–Crippen MR) is 95.6 cm³/mol. The number of rotatable bonds is 6. The molecule has 0 saturated heterocycles. The molecule has 0 spiro atoms. The van der Waals surface area contributed by atoms with Gasteiger partial charge in [0.15, 0.2) is 5.11 Å². The van der Waals surface area contributed by atoms with Crippen molar-refractivity contribution < 1.29 is 4.42 Å². The van der Waals surface area contributed by atoms with Crippen molar-refractivity contribution in [3.05, 3.63) is 40.2 Å². The van der Waals surface area contributed by atoms with E-state index < -0.39 is 0 Å². The molecular weight excluding hydrogens is 296 g/mol. The summed E-state index contributed by atoms with van der Waals surface area (Å²) < 4.78 is 5.23. The number of thiocarbonyl (C=S) groups is 1. The van der Waals surface area contributed by atoms with Crippen molar-refractivity contribution >= 4 is 34.0 Å². The molecule has 0 fully saturated rings. The zero-order valence-electron chi connectivity index (χ0n) is 13.1. The van der Waals surface area contributed by atoms with Crippen molar-refractivity contribution in [2.75, 3.05) is 11.9 Å². The topological polar surface area (TPSA) is 54.3 Å². The fourth-order valence-corrected chi connectivity index (χ4v) is 2.55. The second-order valence-electron chi connectivity index (χ2n) is 5.40. The normalized spacial score (nSPS) is 10.6. The molecule has 2 rings (SSSR count). The molecule has 0 saturated carbocycles. The minimum atomic E-state index is -0.334. The van der Waals surface area contributed by atoms with Gasteiger partial charge in [-0.25, -0.2) is 4.79 Å². The summed E-state index contributed by atoms with van der Waals surface area (Å²) in [5.41, 5.74) is 1.96. The molecule has 1 aromatic carbocycles. The first-order valence-electron chi connectivity index (χ1n) is 7.69. The molecule has 0 aliphatic heterocycles. The van der Waals surface area contributed by atoms with Crippen molar-refractivity contribution in [3.8, 4) is 0 Å². The summed E-state index contributed by atoms with van der Waals surface area (Å²) in [5.74, 6) is 0. The van der Waals surface area contributed by atoms with Gasteiger partial charge in [0, 0.05) is 29.8 Å². The number of benzene rings is 1. The van der Waals surface area contributed by atoms with Crippen molar-refractivity contribution in [3.63, 3.8) is 0 Å². The Balaban J connectivity index is 1.97. The molecule has 0 atom stereocenters. The summed E-state index contributed by atoms with van der Waals surface area (Å²) in [7, 11) is 0. The van der Waals surface area contributed by atoms with Crippen molar-refractivity contribution in [2.45, 2.75) is 39.5 Å². The number of aryl methyl sites for hydroxylation is 1. The molecule has 0 bridgehead atoms. The van der Waals surface area contributed by atoms with Crippen LogP contribution in [-0.4, -0.2) is 11.7 Å². The van der Waals surface area contributed by atoms with Gasteiger partial charge in [0.25, 0.3) is 0 Å². The van der Waals surface area contributed by atoms with Crippen LogP contribution in [0, 0.1) is 6.92 Å². The van der Waals surface area contributed by atoms with Crippen molar-refractivity contribution in [2.24, 2.45) is 0 Å². The molecule has 22 heavy (non-hydrogen) atoms. The van der Waals surface area contributed by atoms with Crippen molar-refractivity contribution in [1.29, 1.82) is 0 Å². The van der Waals surface area contributed by atoms with E-state index >= 15 is 0 Å². The number of nitrogens with one attached hydrogen (secondary N) is 2. The first kappa shape index (κ1) is 16.5. The Morgan fingerprint density at radius 1 is 1.23 bits per heavy atom. The number of fused-ring (bicyclic) bond motifs is 1. The lowest BCUT2D eigenvalue weighted by molar-refractivity contribution is 0.560. The molecule has 1 heterocycles. The molecule has 1 aromatic heterocycles. The molecule has 0 aliphatic rings. The van der Waals surface area contributed by atoms with Crippen molar-refractivity contribution in [1.82, 2.24) is 5.32 Å². The minimum absolute atomic E-state index is 0.334. The van der Waals surface area contributed by atoms with Gasteiger partial charge in [0.1, 0.15) is 5.58 Å². The third kappa shape index (κ3) is 4.56. The van der Waals surface area contributed by atoms with Crippen LogP contribution in [0.25, 0.3) is 11.0 Å². The molecule has 0 radical (unpaired) electrons. The lowest BCUT2D eigenvalue weighted by atomic mass is 10.1. The lowest BCUT2D eigenvalue weighted by Crippen LogP contribution is -2.29. The molecule has 118 valence electrons. The highest BCUT2D eigenvalue weighted by molar-refractivity contribution is 7.80. The highest BCUT2D eigenvalue weighted by atomic mass is 32.1. The standard InChI is InChI=1S/C17H22N2O2S/c1-3-4-5-6-9-18-17(22)19-13-7-8-14-12(2)10-16(20)21-15(14)11-13/h7-8,10-11H,3-6,9H2,1-2H3,(H2,18,19,22). The van der Waals surface area contributed by atoms with E-state index in [2.05, 4.69) is 17.6 Å². The number of unbranched alkanes of at least 4 members (excludes halogenated alkanes) is 3. The first-order valence-corrected chi connectivity index (χ1v) is 8.10. The van der Waals surface area contributed by atoms with Crippen LogP contribution in [0.4, 0.5) is 5.69 Å². The van der Waals surface area contributed by atoms with Crippen LogP contribution in [-0.2, 0) is 0 Å². The van der Waals surface area contributed by atoms with Gasteiger partial charge in [-0.05, 0) is 43.3 Å². The van der Waals surface area contributed by atoms with Gasteiger partial charge in [-0.2, -0.15) is 0 Å². The smallest absolute Gasteiger partial charge is 0.336 e. The van der Waals surface area contributed by atoms with Crippen LogP contribution >= 0.6 is 12.2 Å². The summed E-state index contributed by atoms with van der Waals surface area (Å²) in [6.45, 7) is 4.96. The van der Waals surface area contributed by atoms with E-state index in [1.54, 1.807) is 6.07 Å². The van der Waals surface area contributed by atoms with E-state index in [0.717, 1.165) is 29.6 Å². The quantitative estimate of drug-likeness (QED) is 0.479. The van der Waals surface area contributed by atoms with Crippen LogP contribution in [0.5, 0.6) is 0 Å². The number of anilines is 1. The van der Waals surface area contributed by atoms with E-state index in [1.165, 1.54) is 25.3 Å². The maximum Gasteiger partial charge on any atom is 0.336 e. The average Bonchev–Trinajstić information content (AvgIpc) is 2.46. The predicted octanol–water partition coefficient (Wildman–Crippen LogP) is 3.97. The van der Waals surface area contributed by atoms with Crippen LogP contribution < -0.4 is 16.3 Å². The molecule has 4 nitrogen and oxygen atoms in total. The average molecular weight is 318 g/mol. The molecule has 5 heteroatoms. The fraction of sp³-hybridized carbons (Fsp3) is 0.412. The fourth-order valence-electron chi connectivity index (χ4n) is 2.33. The molecule has 0 amide bonds. The van der Waals surface area contributed by atoms with Gasteiger partial charge < -0.3 is 15.1 Å². The largest absolute Gasteiger partial charge is 0.423 e. The molecule has 2 N–H and O–H groups in total. The van der Waals surface area contributed by atoms with E-state index in [-0.39, 0.29) is 5.63 Å². The second kappa shape index (κ2) is 7.94. The van der Waals surface area contributed by atoms with E-state index in [9.17, 15) is 4.79 Å². The van der Waals surface area contributed by atoms with Crippen LogP contribution in [0.15, 0.2) is 33.5 Å². The van der Waals surface area contributed by atoms with Gasteiger partial charge in [-0.3, -0.25) is 0 Å². The zero-order chi connectivity index (χ0) is 15.9. The Bertz CT molecular complexity index is 709. The molecule has 0 unspecified atom stereocenters. The van der Waals surface area contributed by atoms with Gasteiger partial charge in [-0.1, -0.05) is 26.2 Å².